The van der Waals surface area contributed by atoms with Crippen LogP contribution in [-0.4, -0.2) is 20.7 Å². The van der Waals surface area contributed by atoms with Crippen LogP contribution in [0.3, 0.4) is 0 Å². The van der Waals surface area contributed by atoms with E-state index in [4.69, 9.17) is 4.74 Å². The number of hydrogen-bond donors (Lipinski definition) is 2. The number of hydrogen-bond acceptors (Lipinski definition) is 5. The monoisotopic (exact) mass is 571 g/mol. The fourth-order valence-corrected chi connectivity index (χ4v) is 4.90. The zero-order valence-corrected chi connectivity index (χ0v) is 23.4. The maximum absolute atomic E-state index is 13.7. The number of anilines is 2. The normalized spacial score (nSPS) is 15.0. The van der Waals surface area contributed by atoms with Crippen molar-refractivity contribution in [2.75, 3.05) is 10.6 Å². The summed E-state index contributed by atoms with van der Waals surface area (Å²) in [5.41, 5.74) is 5.17. The maximum atomic E-state index is 13.7. The van der Waals surface area contributed by atoms with Crippen LogP contribution in [0.4, 0.5) is 11.6 Å². The second-order valence-corrected chi connectivity index (χ2v) is 11.2. The van der Waals surface area contributed by atoms with Crippen LogP contribution < -0.4 is 15.4 Å². The summed E-state index contributed by atoms with van der Waals surface area (Å²) >= 11 is 3.61. The van der Waals surface area contributed by atoms with Gasteiger partial charge in [0.05, 0.1) is 5.57 Å². The van der Waals surface area contributed by atoms with E-state index in [9.17, 15) is 4.79 Å². The van der Waals surface area contributed by atoms with Crippen molar-refractivity contribution in [3.05, 3.63) is 112 Å². The summed E-state index contributed by atoms with van der Waals surface area (Å²) in [6.45, 7) is 8.87. The van der Waals surface area contributed by atoms with Gasteiger partial charge in [0, 0.05) is 21.4 Å². The lowest BCUT2D eigenvalue weighted by molar-refractivity contribution is -0.113. The molecule has 1 amide bonds. The summed E-state index contributed by atoms with van der Waals surface area (Å²) in [5, 5.41) is 10.7. The van der Waals surface area contributed by atoms with E-state index in [1.165, 1.54) is 11.9 Å². The van der Waals surface area contributed by atoms with Crippen LogP contribution in [0, 0.1) is 0 Å². The first-order valence-electron chi connectivity index (χ1n) is 12.5. The van der Waals surface area contributed by atoms with E-state index < -0.39 is 6.04 Å². The highest BCUT2D eigenvalue weighted by molar-refractivity contribution is 9.10. The predicted octanol–water partition coefficient (Wildman–Crippen LogP) is 6.84. The quantitative estimate of drug-likeness (QED) is 0.264. The van der Waals surface area contributed by atoms with Crippen LogP contribution >= 0.6 is 15.9 Å². The SMILES string of the molecule is CC1=C(C(=O)Nc2ccccc2)C(c2cc(Br)ccc2OCc2ccc(C(C)(C)C)cc2)n2ncnc2N1. The molecule has 1 atom stereocenters. The Morgan fingerprint density at radius 3 is 2.53 bits per heavy atom. The molecule has 0 aliphatic carbocycles. The van der Waals surface area contributed by atoms with Crippen LogP contribution in [-0.2, 0) is 16.8 Å². The molecule has 0 saturated carbocycles. The Hall–Kier alpha value is -3.91. The zero-order valence-electron chi connectivity index (χ0n) is 21.8. The summed E-state index contributed by atoms with van der Waals surface area (Å²) in [4.78, 5) is 18.0. The number of aromatic nitrogens is 3. The summed E-state index contributed by atoms with van der Waals surface area (Å²) in [6.07, 6.45) is 1.48. The minimum absolute atomic E-state index is 0.0870. The molecule has 194 valence electrons. The molecular formula is C30H30BrN5O2. The Balaban J connectivity index is 1.50. The summed E-state index contributed by atoms with van der Waals surface area (Å²) in [7, 11) is 0. The highest BCUT2D eigenvalue weighted by Gasteiger charge is 2.35. The summed E-state index contributed by atoms with van der Waals surface area (Å²) in [6, 6.07) is 23.2. The van der Waals surface area contributed by atoms with E-state index in [0.29, 0.717) is 35.3 Å². The molecule has 1 aromatic heterocycles. The number of allylic oxidation sites excluding steroid dienone is 1. The van der Waals surface area contributed by atoms with Crippen molar-refractivity contribution < 1.29 is 9.53 Å². The number of nitrogens with zero attached hydrogens (tertiary/aromatic N) is 3. The molecule has 0 fully saturated rings. The van der Waals surface area contributed by atoms with Gasteiger partial charge in [-0.25, -0.2) is 4.68 Å². The van der Waals surface area contributed by atoms with E-state index in [-0.39, 0.29) is 11.3 Å². The van der Waals surface area contributed by atoms with E-state index >= 15 is 0 Å². The summed E-state index contributed by atoms with van der Waals surface area (Å²) in [5.74, 6) is 1.00. The second-order valence-electron chi connectivity index (χ2n) is 10.3. The van der Waals surface area contributed by atoms with Crippen molar-refractivity contribution in [1.29, 1.82) is 0 Å². The smallest absolute Gasteiger partial charge is 0.255 e. The number of amides is 1. The van der Waals surface area contributed by atoms with Crippen molar-refractivity contribution in [2.45, 2.75) is 45.8 Å². The molecule has 1 unspecified atom stereocenters. The molecule has 38 heavy (non-hydrogen) atoms. The van der Waals surface area contributed by atoms with Gasteiger partial charge in [-0.1, -0.05) is 79.2 Å². The number of para-hydroxylation sites is 1. The van der Waals surface area contributed by atoms with Gasteiger partial charge >= 0.3 is 0 Å². The number of fused-ring (bicyclic) bond motifs is 1. The number of rotatable bonds is 6. The Kier molecular flexibility index (Phi) is 7.08. The highest BCUT2D eigenvalue weighted by atomic mass is 79.9. The lowest BCUT2D eigenvalue weighted by Crippen LogP contribution is -2.31. The molecule has 3 aromatic carbocycles. The number of nitrogens with one attached hydrogen (secondary N) is 2. The van der Waals surface area contributed by atoms with Crippen molar-refractivity contribution in [2.24, 2.45) is 0 Å². The number of carbonyl (C=O) groups is 1. The number of halogens is 1. The molecule has 5 rings (SSSR count). The van der Waals surface area contributed by atoms with Crippen molar-refractivity contribution in [1.82, 2.24) is 14.8 Å². The largest absolute Gasteiger partial charge is 0.489 e. The molecule has 2 heterocycles. The standard InChI is InChI=1S/C30H30BrN5O2/c1-19-26(28(37)35-23-8-6-5-7-9-23)27(36-29(34-19)32-18-33-36)24-16-22(31)14-15-25(24)38-17-20-10-12-21(13-11-20)30(2,3)4/h5-16,18,27H,17H2,1-4H3,(H,35,37)(H,32,33,34). The molecule has 1 aliphatic heterocycles. The van der Waals surface area contributed by atoms with Crippen LogP contribution in [0.2, 0.25) is 0 Å². The van der Waals surface area contributed by atoms with Crippen LogP contribution in [0.25, 0.3) is 0 Å². The molecule has 1 aliphatic rings. The number of ether oxygens (including phenoxy) is 1. The van der Waals surface area contributed by atoms with Gasteiger partial charge in [-0.05, 0) is 53.8 Å². The first kappa shape index (κ1) is 25.7. The molecule has 0 saturated heterocycles. The average Bonchev–Trinajstić information content (AvgIpc) is 3.35. The molecule has 0 spiro atoms. The van der Waals surface area contributed by atoms with Crippen LogP contribution in [0.1, 0.15) is 50.4 Å². The van der Waals surface area contributed by atoms with Crippen molar-refractivity contribution in [3.63, 3.8) is 0 Å². The van der Waals surface area contributed by atoms with Gasteiger partial charge in [-0.3, -0.25) is 4.79 Å². The Labute approximate surface area is 231 Å². The molecule has 2 N–H and O–H groups in total. The van der Waals surface area contributed by atoms with Gasteiger partial charge in [-0.15, -0.1) is 0 Å². The molecule has 4 aromatic rings. The highest BCUT2D eigenvalue weighted by Crippen LogP contribution is 2.40. The van der Waals surface area contributed by atoms with Crippen molar-refractivity contribution in [3.8, 4) is 5.75 Å². The molecule has 0 radical (unpaired) electrons. The lowest BCUT2D eigenvalue weighted by Gasteiger charge is -2.30. The number of benzene rings is 3. The second kappa shape index (κ2) is 10.5. The van der Waals surface area contributed by atoms with Gasteiger partial charge in [0.15, 0.2) is 0 Å². The van der Waals surface area contributed by atoms with E-state index in [1.54, 1.807) is 4.68 Å². The van der Waals surface area contributed by atoms with Gasteiger partial charge in [0.25, 0.3) is 5.91 Å². The van der Waals surface area contributed by atoms with E-state index in [1.807, 2.05) is 55.5 Å². The van der Waals surface area contributed by atoms with Gasteiger partial charge in [0.2, 0.25) is 5.95 Å². The van der Waals surface area contributed by atoms with Crippen LogP contribution in [0.5, 0.6) is 5.75 Å². The third-order valence-electron chi connectivity index (χ3n) is 6.55. The fraction of sp³-hybridized carbons (Fsp3) is 0.233. The van der Waals surface area contributed by atoms with E-state index in [2.05, 4.69) is 81.7 Å². The first-order valence-corrected chi connectivity index (χ1v) is 13.3. The molecular weight excluding hydrogens is 542 g/mol. The van der Waals surface area contributed by atoms with Gasteiger partial charge in [-0.2, -0.15) is 10.1 Å². The van der Waals surface area contributed by atoms with Gasteiger partial charge in [0.1, 0.15) is 24.7 Å². The Morgan fingerprint density at radius 1 is 1.08 bits per heavy atom. The minimum Gasteiger partial charge on any atom is -0.489 e. The number of carbonyl (C=O) groups excluding carboxylic acids is 1. The first-order chi connectivity index (χ1) is 18.2. The van der Waals surface area contributed by atoms with Crippen LogP contribution in [0.15, 0.2) is 94.9 Å². The average molecular weight is 573 g/mol. The maximum Gasteiger partial charge on any atom is 0.255 e. The topological polar surface area (TPSA) is 81.1 Å². The predicted molar refractivity (Wildman–Crippen MR) is 153 cm³/mol. The fourth-order valence-electron chi connectivity index (χ4n) is 4.52. The third-order valence-corrected chi connectivity index (χ3v) is 7.04. The van der Waals surface area contributed by atoms with E-state index in [0.717, 1.165) is 15.6 Å². The summed E-state index contributed by atoms with van der Waals surface area (Å²) < 4.78 is 8.97. The molecule has 0 bridgehead atoms. The Morgan fingerprint density at radius 2 is 1.82 bits per heavy atom. The lowest BCUT2D eigenvalue weighted by atomic mass is 9.87. The molecule has 7 nitrogen and oxygen atoms in total. The molecule has 8 heteroatoms. The Bertz CT molecular complexity index is 1490. The van der Waals surface area contributed by atoms with Crippen molar-refractivity contribution >= 4 is 33.5 Å². The zero-order chi connectivity index (χ0) is 26.9. The third kappa shape index (κ3) is 5.36. The minimum atomic E-state index is -0.548. The van der Waals surface area contributed by atoms with Gasteiger partial charge < -0.3 is 15.4 Å².